The van der Waals surface area contributed by atoms with Crippen LogP contribution in [0.15, 0.2) is 52.1 Å². The fourth-order valence-electron chi connectivity index (χ4n) is 3.15. The van der Waals surface area contributed by atoms with Crippen LogP contribution in [-0.4, -0.2) is 52.1 Å². The molecule has 0 unspecified atom stereocenters. The molecular formula is C17H18N2O6S2. The number of nitrogens with one attached hydrogen (secondary N) is 2. The number of thiophene rings is 1. The van der Waals surface area contributed by atoms with Crippen molar-refractivity contribution >= 4 is 33.1 Å². The third-order valence-corrected chi connectivity index (χ3v) is 7.24. The summed E-state index contributed by atoms with van der Waals surface area (Å²) < 4.78 is 44.4. The maximum absolute atomic E-state index is 12.4. The summed E-state index contributed by atoms with van der Waals surface area (Å²) in [6, 6.07) is 11.6. The van der Waals surface area contributed by atoms with E-state index in [9.17, 15) is 13.2 Å². The molecule has 2 aliphatic heterocycles. The average Bonchev–Trinajstić information content (AvgIpc) is 3.36. The molecule has 144 valence electrons. The highest BCUT2D eigenvalue weighted by molar-refractivity contribution is 7.91. The number of amides is 1. The quantitative estimate of drug-likeness (QED) is 0.779. The topological polar surface area (TPSA) is 103 Å². The van der Waals surface area contributed by atoms with E-state index in [1.165, 1.54) is 6.07 Å². The van der Waals surface area contributed by atoms with Crippen LogP contribution in [0.25, 0.3) is 0 Å². The van der Waals surface area contributed by atoms with E-state index in [1.54, 1.807) is 35.7 Å². The van der Waals surface area contributed by atoms with Crippen molar-refractivity contribution in [3.8, 4) is 0 Å². The Kier molecular flexibility index (Phi) is 5.15. The summed E-state index contributed by atoms with van der Waals surface area (Å²) in [5, 5.41) is 4.33. The summed E-state index contributed by atoms with van der Waals surface area (Å²) in [4.78, 5) is 12.1. The lowest BCUT2D eigenvalue weighted by molar-refractivity contribution is 0.00884. The van der Waals surface area contributed by atoms with Crippen molar-refractivity contribution in [2.24, 2.45) is 0 Å². The van der Waals surface area contributed by atoms with Crippen LogP contribution < -0.4 is 10.0 Å². The Balaban J connectivity index is 1.35. The van der Waals surface area contributed by atoms with Gasteiger partial charge in [0.25, 0.3) is 0 Å². The standard InChI is InChI=1S/C17H18N2O6S2/c20-17(18-11-5-2-1-3-6-11)25-13-10-24-15-12(9-23-16(13)15)19-27(21,22)14-7-4-8-26-14/h1-8,12-13,15-16,19H,9-10H2,(H,18,20)/t12-,13-,15-,16+/m0/s1. The fourth-order valence-corrected chi connectivity index (χ4v) is 5.39. The van der Waals surface area contributed by atoms with Gasteiger partial charge >= 0.3 is 6.09 Å². The van der Waals surface area contributed by atoms with Gasteiger partial charge in [0.1, 0.15) is 16.4 Å². The van der Waals surface area contributed by atoms with Crippen molar-refractivity contribution in [2.45, 2.75) is 28.6 Å². The third kappa shape index (κ3) is 3.99. The first-order chi connectivity index (χ1) is 13.0. The number of rotatable bonds is 5. The van der Waals surface area contributed by atoms with Crippen LogP contribution in [0.2, 0.25) is 0 Å². The van der Waals surface area contributed by atoms with Gasteiger partial charge in [0.05, 0.1) is 19.3 Å². The lowest BCUT2D eigenvalue weighted by Gasteiger charge is -2.17. The van der Waals surface area contributed by atoms with E-state index < -0.39 is 40.5 Å². The monoisotopic (exact) mass is 410 g/mol. The molecular weight excluding hydrogens is 392 g/mol. The van der Waals surface area contributed by atoms with Crippen LogP contribution >= 0.6 is 11.3 Å². The molecule has 8 nitrogen and oxygen atoms in total. The summed E-state index contributed by atoms with van der Waals surface area (Å²) in [6.45, 7) is 0.300. The van der Waals surface area contributed by atoms with Crippen molar-refractivity contribution in [1.82, 2.24) is 4.72 Å². The molecule has 0 radical (unpaired) electrons. The van der Waals surface area contributed by atoms with E-state index in [0.717, 1.165) is 11.3 Å². The molecule has 0 spiro atoms. The maximum atomic E-state index is 12.4. The molecule has 2 saturated heterocycles. The van der Waals surface area contributed by atoms with E-state index in [-0.39, 0.29) is 17.4 Å². The number of para-hydroxylation sites is 1. The molecule has 2 fully saturated rings. The van der Waals surface area contributed by atoms with Crippen molar-refractivity contribution in [1.29, 1.82) is 0 Å². The number of carbonyl (C=O) groups excluding carboxylic acids is 1. The second-order valence-electron chi connectivity index (χ2n) is 6.19. The van der Waals surface area contributed by atoms with E-state index in [1.807, 2.05) is 6.07 Å². The molecule has 1 amide bonds. The molecule has 10 heteroatoms. The molecule has 1 aromatic carbocycles. The Morgan fingerprint density at radius 1 is 1.07 bits per heavy atom. The molecule has 27 heavy (non-hydrogen) atoms. The first kappa shape index (κ1) is 18.4. The van der Waals surface area contributed by atoms with Crippen LogP contribution in [0.5, 0.6) is 0 Å². The first-order valence-corrected chi connectivity index (χ1v) is 10.7. The second-order valence-corrected chi connectivity index (χ2v) is 9.08. The number of anilines is 1. The van der Waals surface area contributed by atoms with Gasteiger partial charge in [0.15, 0.2) is 6.10 Å². The summed E-state index contributed by atoms with van der Waals surface area (Å²) in [6.07, 6.45) is -2.23. The largest absolute Gasteiger partial charge is 0.441 e. The molecule has 2 aromatic rings. The average molecular weight is 410 g/mol. The summed E-state index contributed by atoms with van der Waals surface area (Å²) >= 11 is 1.14. The molecule has 2 N–H and O–H groups in total. The van der Waals surface area contributed by atoms with Gasteiger partial charge in [0, 0.05) is 5.69 Å². The highest BCUT2D eigenvalue weighted by Crippen LogP contribution is 2.30. The lowest BCUT2D eigenvalue weighted by atomic mass is 10.1. The van der Waals surface area contributed by atoms with Gasteiger partial charge < -0.3 is 14.2 Å². The Morgan fingerprint density at radius 3 is 2.59 bits per heavy atom. The van der Waals surface area contributed by atoms with Gasteiger partial charge in [-0.3, -0.25) is 5.32 Å². The van der Waals surface area contributed by atoms with Gasteiger partial charge in [-0.25, -0.2) is 17.9 Å². The number of hydrogen-bond donors (Lipinski definition) is 2. The van der Waals surface area contributed by atoms with Gasteiger partial charge in [-0.2, -0.15) is 0 Å². The minimum atomic E-state index is -3.63. The first-order valence-electron chi connectivity index (χ1n) is 8.35. The normalized spacial score (nSPS) is 27.3. The molecule has 4 atom stereocenters. The Hall–Kier alpha value is -1.98. The van der Waals surface area contributed by atoms with Gasteiger partial charge in [-0.15, -0.1) is 11.3 Å². The van der Waals surface area contributed by atoms with Crippen molar-refractivity contribution in [2.75, 3.05) is 18.5 Å². The SMILES string of the molecule is O=C(Nc1ccccc1)O[C@H]1CO[C@@H]2[C@@H]1OC[C@@H]2NS(=O)(=O)c1cccs1. The zero-order chi connectivity index (χ0) is 18.9. The van der Waals surface area contributed by atoms with Crippen LogP contribution in [-0.2, 0) is 24.2 Å². The number of fused-ring (bicyclic) bond motifs is 1. The molecule has 0 aliphatic carbocycles. The smallest absolute Gasteiger partial charge is 0.412 e. The predicted molar refractivity (Wildman–Crippen MR) is 98.2 cm³/mol. The van der Waals surface area contributed by atoms with Crippen LogP contribution in [0.1, 0.15) is 0 Å². The van der Waals surface area contributed by atoms with Crippen molar-refractivity contribution in [3.05, 3.63) is 47.8 Å². The Bertz CT molecular complexity index is 887. The minimum absolute atomic E-state index is 0.148. The molecule has 4 rings (SSSR count). The lowest BCUT2D eigenvalue weighted by Crippen LogP contribution is -2.44. The van der Waals surface area contributed by atoms with Crippen LogP contribution in [0, 0.1) is 0 Å². The van der Waals surface area contributed by atoms with Crippen LogP contribution in [0.4, 0.5) is 10.5 Å². The van der Waals surface area contributed by atoms with Crippen molar-refractivity contribution < 1.29 is 27.4 Å². The Labute approximate surface area is 160 Å². The number of ether oxygens (including phenoxy) is 3. The third-order valence-electron chi connectivity index (χ3n) is 4.35. The molecule has 3 heterocycles. The molecule has 0 saturated carbocycles. The van der Waals surface area contributed by atoms with E-state index in [0.29, 0.717) is 5.69 Å². The second kappa shape index (κ2) is 7.56. The molecule has 0 bridgehead atoms. The van der Waals surface area contributed by atoms with E-state index >= 15 is 0 Å². The number of sulfonamides is 1. The van der Waals surface area contributed by atoms with Gasteiger partial charge in [-0.1, -0.05) is 24.3 Å². The minimum Gasteiger partial charge on any atom is -0.441 e. The Morgan fingerprint density at radius 2 is 1.85 bits per heavy atom. The van der Waals surface area contributed by atoms with Gasteiger partial charge in [-0.05, 0) is 23.6 Å². The zero-order valence-corrected chi connectivity index (χ0v) is 15.7. The summed E-state index contributed by atoms with van der Waals surface area (Å²) in [7, 11) is -3.63. The number of benzene rings is 1. The van der Waals surface area contributed by atoms with Gasteiger partial charge in [0.2, 0.25) is 10.0 Å². The molecule has 1 aromatic heterocycles. The fraction of sp³-hybridized carbons (Fsp3) is 0.353. The van der Waals surface area contributed by atoms with Crippen molar-refractivity contribution in [3.63, 3.8) is 0 Å². The number of carbonyl (C=O) groups is 1. The van der Waals surface area contributed by atoms with E-state index in [2.05, 4.69) is 10.0 Å². The summed E-state index contributed by atoms with van der Waals surface area (Å²) in [5.74, 6) is 0. The highest BCUT2D eigenvalue weighted by Gasteiger charge is 2.50. The summed E-state index contributed by atoms with van der Waals surface area (Å²) in [5.41, 5.74) is 0.617. The zero-order valence-electron chi connectivity index (χ0n) is 14.1. The molecule has 2 aliphatic rings. The van der Waals surface area contributed by atoms with E-state index in [4.69, 9.17) is 14.2 Å². The maximum Gasteiger partial charge on any atom is 0.412 e. The predicted octanol–water partition coefficient (Wildman–Crippen LogP) is 1.81. The van der Waals surface area contributed by atoms with Crippen LogP contribution in [0.3, 0.4) is 0 Å². The highest BCUT2D eigenvalue weighted by atomic mass is 32.2. The number of hydrogen-bond acceptors (Lipinski definition) is 7.